The highest BCUT2D eigenvalue weighted by Gasteiger charge is 2.63. The molecule has 0 aromatic carbocycles. The second-order valence-corrected chi connectivity index (χ2v) is 13.1. The van der Waals surface area contributed by atoms with Crippen LogP contribution in [0.5, 0.6) is 0 Å². The van der Waals surface area contributed by atoms with Crippen LogP contribution in [0, 0.1) is 39.4 Å². The van der Waals surface area contributed by atoms with E-state index in [9.17, 15) is 9.59 Å². The van der Waals surface area contributed by atoms with Gasteiger partial charge < -0.3 is 0 Å². The Hall–Kier alpha value is -1.18. The standard InChI is InChI=1S/C30H46O2/c1-20(19-31)9-8-10-21(2)22-13-17-30(7)24-11-12-25-27(3,4)26(32)15-16-28(25,5)23(24)14-18-29(22,30)6/h9,19,21-22,25H,8,10-18H2,1-7H3/b20-9-/t21?,22-,25?,28+,29-,30+/m0/s1. The van der Waals surface area contributed by atoms with Crippen LogP contribution >= 0.6 is 0 Å². The molecule has 0 N–H and O–H groups in total. The second kappa shape index (κ2) is 7.95. The van der Waals surface area contributed by atoms with Gasteiger partial charge in [-0.25, -0.2) is 0 Å². The minimum atomic E-state index is -0.174. The number of Topliss-reactive ketones (excluding diaryl/α,β-unsaturated/α-hetero) is 1. The van der Waals surface area contributed by atoms with Crippen molar-refractivity contribution in [1.29, 1.82) is 0 Å². The van der Waals surface area contributed by atoms with Crippen molar-refractivity contribution < 1.29 is 9.59 Å². The zero-order valence-electron chi connectivity index (χ0n) is 21.8. The summed E-state index contributed by atoms with van der Waals surface area (Å²) in [4.78, 5) is 23.7. The summed E-state index contributed by atoms with van der Waals surface area (Å²) in [5, 5.41) is 0. The molecule has 2 nitrogen and oxygen atoms in total. The molecule has 2 fully saturated rings. The average Bonchev–Trinajstić information content (AvgIpc) is 3.02. The van der Waals surface area contributed by atoms with E-state index in [2.05, 4.69) is 47.6 Å². The third-order valence-corrected chi connectivity index (χ3v) is 11.5. The summed E-state index contributed by atoms with van der Waals surface area (Å²) in [7, 11) is 0. The number of fused-ring (bicyclic) bond motifs is 4. The van der Waals surface area contributed by atoms with Crippen molar-refractivity contribution in [1.82, 2.24) is 0 Å². The van der Waals surface area contributed by atoms with Crippen LogP contribution in [0.25, 0.3) is 0 Å². The highest BCUT2D eigenvalue weighted by Crippen LogP contribution is 2.72. The maximum atomic E-state index is 12.8. The van der Waals surface area contributed by atoms with Crippen LogP contribution in [0.3, 0.4) is 0 Å². The minimum absolute atomic E-state index is 0.174. The van der Waals surface area contributed by atoms with Gasteiger partial charge in [-0.05, 0) is 104 Å². The molecule has 2 heteroatoms. The van der Waals surface area contributed by atoms with Crippen molar-refractivity contribution in [2.45, 2.75) is 113 Å². The van der Waals surface area contributed by atoms with Gasteiger partial charge in [0.25, 0.3) is 0 Å². The molecule has 2 saturated carbocycles. The van der Waals surface area contributed by atoms with Crippen molar-refractivity contribution >= 4 is 12.1 Å². The molecule has 0 spiro atoms. The van der Waals surface area contributed by atoms with E-state index >= 15 is 0 Å². The molecule has 0 amide bonds. The van der Waals surface area contributed by atoms with Crippen LogP contribution in [-0.4, -0.2) is 12.1 Å². The van der Waals surface area contributed by atoms with Crippen LogP contribution in [0.2, 0.25) is 0 Å². The summed E-state index contributed by atoms with van der Waals surface area (Å²) < 4.78 is 0. The van der Waals surface area contributed by atoms with Crippen LogP contribution < -0.4 is 0 Å². The molecule has 0 aliphatic heterocycles. The summed E-state index contributed by atoms with van der Waals surface area (Å²) in [5.41, 5.74) is 5.18. The summed E-state index contributed by atoms with van der Waals surface area (Å²) in [6.45, 7) is 16.6. The number of hydrogen-bond acceptors (Lipinski definition) is 2. The molecule has 0 aromatic heterocycles. The van der Waals surface area contributed by atoms with E-state index < -0.39 is 0 Å². The molecule has 6 atom stereocenters. The highest BCUT2D eigenvalue weighted by atomic mass is 16.1. The third kappa shape index (κ3) is 3.25. The van der Waals surface area contributed by atoms with Gasteiger partial charge in [0, 0.05) is 11.8 Å². The zero-order chi connectivity index (χ0) is 23.5. The Bertz CT molecular complexity index is 860. The lowest BCUT2D eigenvalue weighted by Crippen LogP contribution is -2.53. The summed E-state index contributed by atoms with van der Waals surface area (Å²) >= 11 is 0. The molecular weight excluding hydrogens is 392 g/mol. The van der Waals surface area contributed by atoms with Crippen LogP contribution in [0.4, 0.5) is 0 Å². The zero-order valence-corrected chi connectivity index (χ0v) is 21.8. The van der Waals surface area contributed by atoms with Gasteiger partial charge in [-0.1, -0.05) is 58.8 Å². The monoisotopic (exact) mass is 438 g/mol. The molecule has 0 radical (unpaired) electrons. The molecule has 0 aromatic rings. The first-order valence-corrected chi connectivity index (χ1v) is 13.3. The smallest absolute Gasteiger partial charge is 0.145 e. The van der Waals surface area contributed by atoms with Crippen LogP contribution in [0.15, 0.2) is 22.8 Å². The van der Waals surface area contributed by atoms with E-state index in [4.69, 9.17) is 0 Å². The Morgan fingerprint density at radius 1 is 1.00 bits per heavy atom. The molecule has 0 saturated heterocycles. The van der Waals surface area contributed by atoms with Crippen molar-refractivity contribution in [3.05, 3.63) is 22.8 Å². The van der Waals surface area contributed by atoms with E-state index in [0.29, 0.717) is 28.4 Å². The number of rotatable bonds is 5. The number of ketones is 1. The third-order valence-electron chi connectivity index (χ3n) is 11.5. The van der Waals surface area contributed by atoms with Gasteiger partial charge in [-0.2, -0.15) is 0 Å². The normalized spacial score (nSPS) is 42.2. The average molecular weight is 439 g/mol. The van der Waals surface area contributed by atoms with Gasteiger partial charge in [0.1, 0.15) is 12.1 Å². The highest BCUT2D eigenvalue weighted by molar-refractivity contribution is 5.85. The fraction of sp³-hybridized carbons (Fsp3) is 0.800. The van der Waals surface area contributed by atoms with Crippen molar-refractivity contribution in [2.24, 2.45) is 39.4 Å². The Kier molecular flexibility index (Phi) is 5.95. The quantitative estimate of drug-likeness (QED) is 0.249. The van der Waals surface area contributed by atoms with Gasteiger partial charge >= 0.3 is 0 Å². The SMILES string of the molecule is C/C(C=O)=C/CCC(C)[C@@H]1CC[C@]2(C)C3=C(CC[C@@]12C)[C@@]1(C)CCC(=O)C(C)(C)C1CC3. The predicted octanol–water partition coefficient (Wildman–Crippen LogP) is 7.87. The minimum Gasteiger partial charge on any atom is -0.299 e. The first-order valence-electron chi connectivity index (χ1n) is 13.3. The van der Waals surface area contributed by atoms with Gasteiger partial charge in [0.2, 0.25) is 0 Å². The molecule has 32 heavy (non-hydrogen) atoms. The molecular formula is C30H46O2. The number of carbonyl (C=O) groups is 2. The first kappa shape index (κ1) is 24.0. The Labute approximate surface area is 196 Å². The summed E-state index contributed by atoms with van der Waals surface area (Å²) in [6.07, 6.45) is 14.7. The van der Waals surface area contributed by atoms with E-state index in [1.54, 1.807) is 11.1 Å². The van der Waals surface area contributed by atoms with Crippen molar-refractivity contribution in [2.75, 3.05) is 0 Å². The number of hydrogen-bond donors (Lipinski definition) is 0. The maximum absolute atomic E-state index is 12.8. The van der Waals surface area contributed by atoms with Crippen LogP contribution in [-0.2, 0) is 9.59 Å². The Balaban J connectivity index is 1.63. The van der Waals surface area contributed by atoms with Gasteiger partial charge in [0.05, 0.1) is 0 Å². The molecule has 4 aliphatic rings. The van der Waals surface area contributed by atoms with Crippen molar-refractivity contribution in [3.8, 4) is 0 Å². The van der Waals surface area contributed by atoms with Gasteiger partial charge in [0.15, 0.2) is 0 Å². The molecule has 2 unspecified atom stereocenters. The number of aldehydes is 1. The van der Waals surface area contributed by atoms with Crippen molar-refractivity contribution in [3.63, 3.8) is 0 Å². The Morgan fingerprint density at radius 3 is 2.41 bits per heavy atom. The van der Waals surface area contributed by atoms with E-state index in [1.807, 2.05) is 6.92 Å². The predicted molar refractivity (Wildman–Crippen MR) is 132 cm³/mol. The molecule has 0 heterocycles. The lowest BCUT2D eigenvalue weighted by Gasteiger charge is -2.61. The first-order chi connectivity index (χ1) is 14.9. The molecule has 0 bridgehead atoms. The molecule has 4 rings (SSSR count). The van der Waals surface area contributed by atoms with E-state index in [-0.39, 0.29) is 10.8 Å². The van der Waals surface area contributed by atoms with Gasteiger partial charge in [-0.15, -0.1) is 0 Å². The van der Waals surface area contributed by atoms with E-state index in [0.717, 1.165) is 37.0 Å². The molecule has 178 valence electrons. The van der Waals surface area contributed by atoms with Gasteiger partial charge in [-0.3, -0.25) is 9.59 Å². The largest absolute Gasteiger partial charge is 0.299 e. The molecule has 4 aliphatic carbocycles. The number of allylic oxidation sites excluding steroid dienone is 4. The fourth-order valence-electron chi connectivity index (χ4n) is 9.27. The Morgan fingerprint density at radius 2 is 1.72 bits per heavy atom. The van der Waals surface area contributed by atoms with Crippen LogP contribution in [0.1, 0.15) is 113 Å². The fourth-order valence-corrected chi connectivity index (χ4v) is 9.27. The maximum Gasteiger partial charge on any atom is 0.145 e. The summed E-state index contributed by atoms with van der Waals surface area (Å²) in [5.74, 6) is 2.45. The summed E-state index contributed by atoms with van der Waals surface area (Å²) in [6, 6.07) is 0. The lowest BCUT2D eigenvalue weighted by molar-refractivity contribution is -0.139. The van der Waals surface area contributed by atoms with E-state index in [1.165, 1.54) is 44.9 Å². The lowest BCUT2D eigenvalue weighted by atomic mass is 9.43. The second-order valence-electron chi connectivity index (χ2n) is 13.1. The topological polar surface area (TPSA) is 34.1 Å². The number of carbonyl (C=O) groups excluding carboxylic acids is 2.